The first-order chi connectivity index (χ1) is 11.3. The van der Waals surface area contributed by atoms with Crippen molar-refractivity contribution in [1.29, 1.82) is 0 Å². The first-order valence-corrected chi connectivity index (χ1v) is 8.42. The Morgan fingerprint density at radius 2 is 1.92 bits per heavy atom. The quantitative estimate of drug-likeness (QED) is 0.879. The van der Waals surface area contributed by atoms with Crippen LogP contribution in [0.2, 0.25) is 0 Å². The van der Waals surface area contributed by atoms with E-state index in [9.17, 15) is 4.79 Å². The van der Waals surface area contributed by atoms with Gasteiger partial charge in [-0.3, -0.25) is 4.68 Å². The van der Waals surface area contributed by atoms with Gasteiger partial charge >= 0.3 is 6.03 Å². The second kappa shape index (κ2) is 7.07. The number of aromatic nitrogens is 2. The van der Waals surface area contributed by atoms with Crippen molar-refractivity contribution in [2.24, 2.45) is 7.05 Å². The molecule has 2 aromatic rings. The molecule has 0 fully saturated rings. The summed E-state index contributed by atoms with van der Waals surface area (Å²) < 4.78 is 1.85. The number of carbonyl (C=O) groups excluding carboxylic acids is 1. The molecule has 130 valence electrons. The molecule has 1 aromatic carbocycles. The number of nitrogens with one attached hydrogen (secondary N) is 2. The van der Waals surface area contributed by atoms with Crippen molar-refractivity contribution in [1.82, 2.24) is 20.4 Å². The van der Waals surface area contributed by atoms with Crippen LogP contribution in [0.15, 0.2) is 30.3 Å². The molecule has 2 atom stereocenters. The summed E-state index contributed by atoms with van der Waals surface area (Å²) in [5, 5.41) is 10.6. The van der Waals surface area contributed by atoms with Crippen LogP contribution >= 0.6 is 0 Å². The van der Waals surface area contributed by atoms with Crippen LogP contribution in [0.4, 0.5) is 4.79 Å². The molecular weight excluding hydrogens is 300 g/mol. The van der Waals surface area contributed by atoms with Gasteiger partial charge in [0.15, 0.2) is 0 Å². The highest BCUT2D eigenvalue weighted by atomic mass is 16.2. The molecule has 0 spiro atoms. The second-order valence-electron chi connectivity index (χ2n) is 6.58. The van der Waals surface area contributed by atoms with Crippen molar-refractivity contribution in [3.8, 4) is 0 Å². The third kappa shape index (κ3) is 3.61. The molecule has 1 aromatic heterocycles. The lowest BCUT2D eigenvalue weighted by Crippen LogP contribution is -2.48. The van der Waals surface area contributed by atoms with Gasteiger partial charge in [0.2, 0.25) is 0 Å². The Morgan fingerprint density at radius 3 is 2.42 bits per heavy atom. The first kappa shape index (κ1) is 18.0. The maximum absolute atomic E-state index is 12.6. The average Bonchev–Trinajstić information content (AvgIpc) is 2.80. The number of nitrogens with zero attached hydrogens (tertiary/aromatic N) is 2. The fourth-order valence-electron chi connectivity index (χ4n) is 3.14. The molecule has 2 N–H and O–H groups in total. The van der Waals surface area contributed by atoms with Crippen molar-refractivity contribution in [3.63, 3.8) is 0 Å². The highest BCUT2D eigenvalue weighted by Gasteiger charge is 2.27. The lowest BCUT2D eigenvalue weighted by Gasteiger charge is -2.31. The average molecular weight is 328 g/mol. The zero-order chi connectivity index (χ0) is 17.9. The van der Waals surface area contributed by atoms with Gasteiger partial charge in [0.05, 0.1) is 17.3 Å². The van der Waals surface area contributed by atoms with E-state index < -0.39 is 5.54 Å². The topological polar surface area (TPSA) is 59.0 Å². The summed E-state index contributed by atoms with van der Waals surface area (Å²) in [5.74, 6) is 0. The van der Waals surface area contributed by atoms with E-state index in [-0.39, 0.29) is 12.1 Å². The molecule has 5 heteroatoms. The molecule has 24 heavy (non-hydrogen) atoms. The Labute approximate surface area is 144 Å². The van der Waals surface area contributed by atoms with Gasteiger partial charge in [0.25, 0.3) is 0 Å². The fraction of sp³-hybridized carbons (Fsp3) is 0.474. The van der Waals surface area contributed by atoms with Gasteiger partial charge in [0, 0.05) is 18.3 Å². The molecule has 5 nitrogen and oxygen atoms in total. The summed E-state index contributed by atoms with van der Waals surface area (Å²) in [7, 11) is 1.92. The molecule has 0 aliphatic heterocycles. The number of rotatable bonds is 5. The first-order valence-electron chi connectivity index (χ1n) is 8.42. The Bertz CT molecular complexity index is 708. The minimum Gasteiger partial charge on any atom is -0.331 e. The van der Waals surface area contributed by atoms with Gasteiger partial charge in [-0.1, -0.05) is 37.3 Å². The zero-order valence-corrected chi connectivity index (χ0v) is 15.5. The van der Waals surface area contributed by atoms with E-state index in [0.717, 1.165) is 28.9 Å². The number of benzene rings is 1. The molecular formula is C19H28N4O. The standard InChI is InChI=1S/C19H28N4O/c1-7-19(5,16-11-9-8-10-12-16)21-18(24)20-13(2)17-14(3)22-23(6)15(17)4/h8-13H,7H2,1-6H3,(H2,20,21,24)/t13-,19-/m1/s1. The van der Waals surface area contributed by atoms with Crippen LogP contribution < -0.4 is 10.6 Å². The molecule has 1 heterocycles. The Balaban J connectivity index is 2.12. The van der Waals surface area contributed by atoms with Crippen LogP contribution in [0, 0.1) is 13.8 Å². The van der Waals surface area contributed by atoms with Crippen LogP contribution in [-0.2, 0) is 12.6 Å². The van der Waals surface area contributed by atoms with Crippen LogP contribution in [-0.4, -0.2) is 15.8 Å². The fourth-order valence-corrected chi connectivity index (χ4v) is 3.14. The van der Waals surface area contributed by atoms with Gasteiger partial charge in [-0.25, -0.2) is 4.79 Å². The van der Waals surface area contributed by atoms with Gasteiger partial charge < -0.3 is 10.6 Å². The molecule has 0 saturated heterocycles. The van der Waals surface area contributed by atoms with Crippen LogP contribution in [0.3, 0.4) is 0 Å². The van der Waals surface area contributed by atoms with E-state index >= 15 is 0 Å². The van der Waals surface area contributed by atoms with E-state index in [1.54, 1.807) is 0 Å². The Kier molecular flexibility index (Phi) is 5.32. The van der Waals surface area contributed by atoms with Gasteiger partial charge in [-0.15, -0.1) is 0 Å². The van der Waals surface area contributed by atoms with E-state index in [1.165, 1.54) is 0 Å². The molecule has 2 amide bonds. The van der Waals surface area contributed by atoms with Crippen LogP contribution in [0.5, 0.6) is 0 Å². The normalized spacial score (nSPS) is 14.8. The number of urea groups is 1. The number of aryl methyl sites for hydroxylation is 2. The van der Waals surface area contributed by atoms with E-state index in [1.807, 2.05) is 69.8 Å². The third-order valence-electron chi connectivity index (χ3n) is 4.85. The monoisotopic (exact) mass is 328 g/mol. The smallest absolute Gasteiger partial charge is 0.315 e. The molecule has 2 rings (SSSR count). The minimum absolute atomic E-state index is 0.101. The summed E-state index contributed by atoms with van der Waals surface area (Å²) in [6.45, 7) is 10.1. The largest absolute Gasteiger partial charge is 0.331 e. The summed E-state index contributed by atoms with van der Waals surface area (Å²) in [6.07, 6.45) is 0.809. The number of hydrogen-bond acceptors (Lipinski definition) is 2. The molecule has 0 unspecified atom stereocenters. The lowest BCUT2D eigenvalue weighted by atomic mass is 9.89. The number of amides is 2. The predicted molar refractivity (Wildman–Crippen MR) is 96.8 cm³/mol. The van der Waals surface area contributed by atoms with Crippen molar-refractivity contribution in [3.05, 3.63) is 52.8 Å². The van der Waals surface area contributed by atoms with E-state index in [0.29, 0.717) is 0 Å². The van der Waals surface area contributed by atoms with Gasteiger partial charge in [-0.05, 0) is 39.7 Å². The van der Waals surface area contributed by atoms with Gasteiger partial charge in [-0.2, -0.15) is 5.10 Å². The Hall–Kier alpha value is -2.30. The van der Waals surface area contributed by atoms with Gasteiger partial charge in [0.1, 0.15) is 0 Å². The van der Waals surface area contributed by atoms with Crippen LogP contribution in [0.25, 0.3) is 0 Å². The highest BCUT2D eigenvalue weighted by Crippen LogP contribution is 2.25. The number of hydrogen-bond donors (Lipinski definition) is 2. The summed E-state index contributed by atoms with van der Waals surface area (Å²) >= 11 is 0. The van der Waals surface area contributed by atoms with Crippen molar-refractivity contribution >= 4 is 6.03 Å². The second-order valence-corrected chi connectivity index (χ2v) is 6.58. The SMILES string of the molecule is CC[C@@](C)(NC(=O)N[C@H](C)c1c(C)nn(C)c1C)c1ccccc1. The van der Waals surface area contributed by atoms with Crippen molar-refractivity contribution < 1.29 is 4.79 Å². The third-order valence-corrected chi connectivity index (χ3v) is 4.85. The molecule has 0 aliphatic carbocycles. The minimum atomic E-state index is -0.399. The zero-order valence-electron chi connectivity index (χ0n) is 15.5. The summed E-state index contributed by atoms with van der Waals surface area (Å²) in [6, 6.07) is 9.79. The maximum atomic E-state index is 12.6. The molecule has 0 bridgehead atoms. The maximum Gasteiger partial charge on any atom is 0.315 e. The lowest BCUT2D eigenvalue weighted by molar-refractivity contribution is 0.223. The van der Waals surface area contributed by atoms with E-state index in [2.05, 4.69) is 22.7 Å². The van der Waals surface area contributed by atoms with Crippen molar-refractivity contribution in [2.75, 3.05) is 0 Å². The Morgan fingerprint density at radius 1 is 1.29 bits per heavy atom. The summed E-state index contributed by atoms with van der Waals surface area (Å²) in [5.41, 5.74) is 3.80. The van der Waals surface area contributed by atoms with Crippen molar-refractivity contribution in [2.45, 2.75) is 52.6 Å². The highest BCUT2D eigenvalue weighted by molar-refractivity contribution is 5.75. The molecule has 0 aliphatic rings. The van der Waals surface area contributed by atoms with Crippen LogP contribution in [0.1, 0.15) is 55.7 Å². The number of carbonyl (C=O) groups is 1. The predicted octanol–water partition coefficient (Wildman–Crippen LogP) is 3.72. The van der Waals surface area contributed by atoms with E-state index in [4.69, 9.17) is 0 Å². The summed E-state index contributed by atoms with van der Waals surface area (Å²) in [4.78, 5) is 12.6. The molecule has 0 saturated carbocycles. The molecule has 0 radical (unpaired) electrons.